The maximum absolute atomic E-state index is 6.46. The molecule has 0 aliphatic rings. The van der Waals surface area contributed by atoms with Crippen LogP contribution < -0.4 is 5.73 Å². The Bertz CT molecular complexity index is 495. The van der Waals surface area contributed by atoms with Crippen LogP contribution >= 0.6 is 11.3 Å². The number of hydrogen-bond acceptors (Lipinski definition) is 3. The molecule has 3 heteroatoms. The highest BCUT2D eigenvalue weighted by atomic mass is 32.1. The molecular formula is C18H26N2S. The summed E-state index contributed by atoms with van der Waals surface area (Å²) in [6.45, 7) is 6.45. The van der Waals surface area contributed by atoms with Gasteiger partial charge in [0.05, 0.1) is 6.04 Å². The second-order valence-electron chi connectivity index (χ2n) is 5.49. The van der Waals surface area contributed by atoms with E-state index in [1.807, 2.05) is 11.3 Å². The Kier molecular flexibility index (Phi) is 6.43. The third-order valence-corrected chi connectivity index (χ3v) is 4.79. The molecule has 0 aliphatic carbocycles. The van der Waals surface area contributed by atoms with E-state index in [2.05, 4.69) is 66.6 Å². The molecule has 0 spiro atoms. The molecule has 2 unspecified atom stereocenters. The van der Waals surface area contributed by atoms with Crippen LogP contribution in [0.3, 0.4) is 0 Å². The second-order valence-corrected chi connectivity index (χ2v) is 6.47. The normalized spacial score (nSPS) is 14.3. The fourth-order valence-electron chi connectivity index (χ4n) is 2.77. The molecule has 0 saturated heterocycles. The van der Waals surface area contributed by atoms with Crippen LogP contribution in [0, 0.1) is 0 Å². The van der Waals surface area contributed by atoms with Crippen LogP contribution in [-0.4, -0.2) is 17.5 Å². The van der Waals surface area contributed by atoms with Crippen LogP contribution in [0.15, 0.2) is 47.8 Å². The summed E-state index contributed by atoms with van der Waals surface area (Å²) in [4.78, 5) is 3.92. The molecule has 0 aliphatic heterocycles. The molecule has 1 aromatic heterocycles. The van der Waals surface area contributed by atoms with Crippen molar-refractivity contribution < 1.29 is 0 Å². The van der Waals surface area contributed by atoms with Gasteiger partial charge in [-0.3, -0.25) is 4.90 Å². The Labute approximate surface area is 132 Å². The predicted octanol–water partition coefficient (Wildman–Crippen LogP) is 4.44. The van der Waals surface area contributed by atoms with Gasteiger partial charge in [0.15, 0.2) is 0 Å². The monoisotopic (exact) mass is 302 g/mol. The third-order valence-electron chi connectivity index (χ3n) is 3.84. The molecule has 1 heterocycles. The lowest BCUT2D eigenvalue weighted by molar-refractivity contribution is 0.163. The third kappa shape index (κ3) is 4.40. The first-order valence-electron chi connectivity index (χ1n) is 7.83. The SMILES string of the molecule is CCCN(Cc1ccccc1)C(c1cccs1)C(N)CC. The molecule has 2 atom stereocenters. The van der Waals surface area contributed by atoms with Crippen molar-refractivity contribution in [2.45, 2.75) is 45.3 Å². The van der Waals surface area contributed by atoms with Crippen molar-refractivity contribution in [2.75, 3.05) is 6.54 Å². The van der Waals surface area contributed by atoms with Gasteiger partial charge in [0.25, 0.3) is 0 Å². The quantitative estimate of drug-likeness (QED) is 0.781. The van der Waals surface area contributed by atoms with Crippen LogP contribution in [0.1, 0.15) is 43.2 Å². The zero-order chi connectivity index (χ0) is 15.1. The molecule has 0 saturated carbocycles. The Morgan fingerprint density at radius 3 is 2.43 bits per heavy atom. The standard InChI is InChI=1S/C18H26N2S/c1-3-12-20(14-15-9-6-5-7-10-15)18(16(19)4-2)17-11-8-13-21-17/h5-11,13,16,18H,3-4,12,14,19H2,1-2H3. The fraction of sp³-hybridized carbons (Fsp3) is 0.444. The van der Waals surface area contributed by atoms with Crippen LogP contribution in [0.5, 0.6) is 0 Å². The van der Waals surface area contributed by atoms with E-state index in [1.54, 1.807) is 0 Å². The lowest BCUT2D eigenvalue weighted by Gasteiger charge is -2.34. The number of benzene rings is 1. The van der Waals surface area contributed by atoms with E-state index in [9.17, 15) is 0 Å². The summed E-state index contributed by atoms with van der Waals surface area (Å²) in [6.07, 6.45) is 2.14. The van der Waals surface area contributed by atoms with Crippen molar-refractivity contribution in [3.8, 4) is 0 Å². The average molecular weight is 302 g/mol. The highest BCUT2D eigenvalue weighted by molar-refractivity contribution is 7.10. The lowest BCUT2D eigenvalue weighted by Crippen LogP contribution is -2.40. The zero-order valence-corrected chi connectivity index (χ0v) is 13.9. The fourth-order valence-corrected chi connectivity index (χ4v) is 3.70. The van der Waals surface area contributed by atoms with Crippen LogP contribution in [0.4, 0.5) is 0 Å². The van der Waals surface area contributed by atoms with E-state index in [-0.39, 0.29) is 6.04 Å². The Balaban J connectivity index is 2.23. The van der Waals surface area contributed by atoms with Crippen molar-refractivity contribution in [3.05, 3.63) is 58.3 Å². The Morgan fingerprint density at radius 1 is 1.10 bits per heavy atom. The summed E-state index contributed by atoms with van der Waals surface area (Å²) in [5.74, 6) is 0. The van der Waals surface area contributed by atoms with Gasteiger partial charge in [-0.1, -0.05) is 50.2 Å². The molecule has 0 amide bonds. The zero-order valence-electron chi connectivity index (χ0n) is 13.0. The maximum atomic E-state index is 6.46. The summed E-state index contributed by atoms with van der Waals surface area (Å²) in [7, 11) is 0. The lowest BCUT2D eigenvalue weighted by atomic mass is 10.0. The minimum absolute atomic E-state index is 0.180. The summed E-state index contributed by atoms with van der Waals surface area (Å²) in [5, 5.41) is 2.15. The van der Waals surface area contributed by atoms with Gasteiger partial charge < -0.3 is 5.73 Å². The molecule has 0 fully saturated rings. The van der Waals surface area contributed by atoms with Crippen LogP contribution in [0.2, 0.25) is 0 Å². The van der Waals surface area contributed by atoms with Crippen molar-refractivity contribution >= 4 is 11.3 Å². The van der Waals surface area contributed by atoms with Crippen molar-refractivity contribution in [2.24, 2.45) is 5.73 Å². The number of hydrogen-bond donors (Lipinski definition) is 1. The molecule has 2 N–H and O–H groups in total. The van der Waals surface area contributed by atoms with E-state index in [4.69, 9.17) is 5.73 Å². The summed E-state index contributed by atoms with van der Waals surface area (Å²) in [5.41, 5.74) is 7.82. The number of nitrogens with two attached hydrogens (primary N) is 1. The molecule has 0 radical (unpaired) electrons. The van der Waals surface area contributed by atoms with Gasteiger partial charge >= 0.3 is 0 Å². The highest BCUT2D eigenvalue weighted by Crippen LogP contribution is 2.30. The molecule has 0 bridgehead atoms. The van der Waals surface area contributed by atoms with Gasteiger partial charge in [-0.25, -0.2) is 0 Å². The molecule has 21 heavy (non-hydrogen) atoms. The Hall–Kier alpha value is -1.16. The number of nitrogens with zero attached hydrogens (tertiary/aromatic N) is 1. The topological polar surface area (TPSA) is 29.3 Å². The molecular weight excluding hydrogens is 276 g/mol. The summed E-state index contributed by atoms with van der Waals surface area (Å²) in [6, 6.07) is 15.5. The smallest absolute Gasteiger partial charge is 0.0596 e. The summed E-state index contributed by atoms with van der Waals surface area (Å²) < 4.78 is 0. The van der Waals surface area contributed by atoms with E-state index in [0.29, 0.717) is 6.04 Å². The first-order valence-corrected chi connectivity index (χ1v) is 8.71. The average Bonchev–Trinajstić information content (AvgIpc) is 3.02. The van der Waals surface area contributed by atoms with E-state index in [0.717, 1.165) is 25.9 Å². The van der Waals surface area contributed by atoms with Gasteiger partial charge in [0, 0.05) is 17.5 Å². The molecule has 2 nitrogen and oxygen atoms in total. The Morgan fingerprint density at radius 2 is 1.86 bits per heavy atom. The first kappa shape index (κ1) is 16.2. The van der Waals surface area contributed by atoms with Gasteiger partial charge in [-0.15, -0.1) is 11.3 Å². The highest BCUT2D eigenvalue weighted by Gasteiger charge is 2.26. The predicted molar refractivity (Wildman–Crippen MR) is 92.5 cm³/mol. The number of rotatable bonds is 8. The minimum Gasteiger partial charge on any atom is -0.326 e. The number of thiophene rings is 1. The van der Waals surface area contributed by atoms with Gasteiger partial charge in [-0.05, 0) is 36.4 Å². The van der Waals surface area contributed by atoms with Crippen LogP contribution in [-0.2, 0) is 6.54 Å². The van der Waals surface area contributed by atoms with Crippen molar-refractivity contribution in [3.63, 3.8) is 0 Å². The molecule has 2 rings (SSSR count). The van der Waals surface area contributed by atoms with Crippen LogP contribution in [0.25, 0.3) is 0 Å². The van der Waals surface area contributed by atoms with Gasteiger partial charge in [-0.2, -0.15) is 0 Å². The van der Waals surface area contributed by atoms with E-state index >= 15 is 0 Å². The molecule has 2 aromatic rings. The van der Waals surface area contributed by atoms with Crippen molar-refractivity contribution in [1.82, 2.24) is 4.90 Å². The second kappa shape index (κ2) is 8.32. The van der Waals surface area contributed by atoms with Crippen molar-refractivity contribution in [1.29, 1.82) is 0 Å². The minimum atomic E-state index is 0.180. The van der Waals surface area contributed by atoms with Gasteiger partial charge in [0.2, 0.25) is 0 Å². The molecule has 1 aromatic carbocycles. The molecule has 114 valence electrons. The van der Waals surface area contributed by atoms with E-state index < -0.39 is 0 Å². The first-order chi connectivity index (χ1) is 10.3. The van der Waals surface area contributed by atoms with E-state index in [1.165, 1.54) is 10.4 Å². The largest absolute Gasteiger partial charge is 0.326 e. The summed E-state index contributed by atoms with van der Waals surface area (Å²) >= 11 is 1.82. The maximum Gasteiger partial charge on any atom is 0.0596 e. The van der Waals surface area contributed by atoms with Gasteiger partial charge in [0.1, 0.15) is 0 Å².